The minimum atomic E-state index is -0.534. The number of benzene rings is 2. The fourth-order valence-corrected chi connectivity index (χ4v) is 3.38. The highest BCUT2D eigenvalue weighted by Crippen LogP contribution is 2.24. The van der Waals surface area contributed by atoms with Crippen molar-refractivity contribution in [3.05, 3.63) is 91.3 Å². The molecule has 0 radical (unpaired) electrons. The van der Waals surface area contributed by atoms with Crippen LogP contribution in [0.1, 0.15) is 32.0 Å². The Kier molecular flexibility index (Phi) is 5.35. The van der Waals surface area contributed by atoms with E-state index < -0.39 is 11.3 Å². The van der Waals surface area contributed by atoms with E-state index in [0.717, 1.165) is 0 Å². The van der Waals surface area contributed by atoms with E-state index in [-0.39, 0.29) is 28.4 Å². The molecule has 138 valence electrons. The first kappa shape index (κ1) is 19.1. The van der Waals surface area contributed by atoms with Crippen molar-refractivity contribution >= 4 is 34.8 Å². The number of carbonyl (C=O) groups is 2. The third kappa shape index (κ3) is 3.61. The summed E-state index contributed by atoms with van der Waals surface area (Å²) in [6.07, 6.45) is -0.0805. The predicted octanol–water partition coefficient (Wildman–Crippen LogP) is 3.69. The summed E-state index contributed by atoms with van der Waals surface area (Å²) in [7, 11) is 3.17. The molecule has 5 nitrogen and oxygen atoms in total. The fraction of sp³-hybridized carbons (Fsp3) is 0.150. The van der Waals surface area contributed by atoms with Gasteiger partial charge in [-0.1, -0.05) is 53.5 Å². The molecular weight excluding hydrogens is 387 g/mol. The number of aromatic nitrogens is 2. The Labute approximate surface area is 165 Å². The molecule has 0 aliphatic carbocycles. The Balaban J connectivity index is 2.08. The van der Waals surface area contributed by atoms with E-state index in [0.29, 0.717) is 16.3 Å². The van der Waals surface area contributed by atoms with Crippen LogP contribution in [-0.4, -0.2) is 20.9 Å². The van der Waals surface area contributed by atoms with Crippen molar-refractivity contribution < 1.29 is 9.59 Å². The molecule has 0 N–H and O–H groups in total. The average molecular weight is 403 g/mol. The van der Waals surface area contributed by atoms with Gasteiger partial charge in [-0.25, -0.2) is 0 Å². The lowest BCUT2D eigenvalue weighted by Gasteiger charge is -2.08. The second-order valence-electron chi connectivity index (χ2n) is 6.09. The number of halogens is 2. The summed E-state index contributed by atoms with van der Waals surface area (Å²) in [5, 5.41) is 0.538. The lowest BCUT2D eigenvalue weighted by Crippen LogP contribution is -2.21. The Hall–Kier alpha value is -2.63. The summed E-state index contributed by atoms with van der Waals surface area (Å²) < 4.78 is 2.81. The van der Waals surface area contributed by atoms with Crippen LogP contribution < -0.4 is 5.56 Å². The van der Waals surface area contributed by atoms with Crippen LogP contribution in [0, 0.1) is 0 Å². The quantitative estimate of drug-likeness (QED) is 0.611. The molecule has 0 fully saturated rings. The molecule has 0 bridgehead atoms. The highest BCUT2D eigenvalue weighted by Gasteiger charge is 2.26. The van der Waals surface area contributed by atoms with Crippen LogP contribution in [0.25, 0.3) is 0 Å². The van der Waals surface area contributed by atoms with E-state index >= 15 is 0 Å². The van der Waals surface area contributed by atoms with Gasteiger partial charge in [0.05, 0.1) is 17.1 Å². The van der Waals surface area contributed by atoms with Crippen LogP contribution in [0.3, 0.4) is 0 Å². The number of hydrogen-bond acceptors (Lipinski definition) is 3. The summed E-state index contributed by atoms with van der Waals surface area (Å²) in [6.45, 7) is 0. The Morgan fingerprint density at radius 3 is 2.26 bits per heavy atom. The van der Waals surface area contributed by atoms with Gasteiger partial charge in [-0.3, -0.25) is 23.7 Å². The van der Waals surface area contributed by atoms with E-state index in [9.17, 15) is 14.4 Å². The largest absolute Gasteiger partial charge is 0.294 e. The van der Waals surface area contributed by atoms with Gasteiger partial charge >= 0.3 is 0 Å². The summed E-state index contributed by atoms with van der Waals surface area (Å²) in [5.74, 6) is -0.721. The van der Waals surface area contributed by atoms with Crippen molar-refractivity contribution in [2.45, 2.75) is 6.42 Å². The predicted molar refractivity (Wildman–Crippen MR) is 105 cm³/mol. The van der Waals surface area contributed by atoms with Gasteiger partial charge in [-0.05, 0) is 18.2 Å². The molecule has 0 saturated heterocycles. The van der Waals surface area contributed by atoms with Gasteiger partial charge in [0.25, 0.3) is 5.56 Å². The molecule has 0 unspecified atom stereocenters. The topological polar surface area (TPSA) is 61.1 Å². The Bertz CT molecular complexity index is 1100. The zero-order valence-corrected chi connectivity index (χ0v) is 16.2. The molecule has 1 heterocycles. The first-order valence-electron chi connectivity index (χ1n) is 8.14. The highest BCUT2D eigenvalue weighted by molar-refractivity contribution is 6.37. The second kappa shape index (κ2) is 7.55. The Morgan fingerprint density at radius 1 is 0.963 bits per heavy atom. The molecule has 7 heteroatoms. The molecule has 3 rings (SSSR count). The van der Waals surface area contributed by atoms with Gasteiger partial charge in [0.15, 0.2) is 5.78 Å². The number of Topliss-reactive ketones (excluding diaryl/α,β-unsaturated/α-hetero) is 1. The smallest absolute Gasteiger partial charge is 0.277 e. The molecule has 27 heavy (non-hydrogen) atoms. The Morgan fingerprint density at radius 2 is 1.63 bits per heavy atom. The first-order valence-corrected chi connectivity index (χ1v) is 8.89. The highest BCUT2D eigenvalue weighted by atomic mass is 35.5. The van der Waals surface area contributed by atoms with Crippen LogP contribution in [0.15, 0.2) is 53.3 Å². The van der Waals surface area contributed by atoms with Gasteiger partial charge in [0.2, 0.25) is 5.78 Å². The second-order valence-corrected chi connectivity index (χ2v) is 6.94. The average Bonchev–Trinajstić information content (AvgIpc) is 2.86. The van der Waals surface area contributed by atoms with Crippen molar-refractivity contribution in [1.82, 2.24) is 9.36 Å². The number of ketones is 2. The van der Waals surface area contributed by atoms with Gasteiger partial charge in [0.1, 0.15) is 5.56 Å². The normalized spacial score (nSPS) is 10.8. The molecule has 0 aliphatic rings. The van der Waals surface area contributed by atoms with Crippen LogP contribution >= 0.6 is 23.2 Å². The molecule has 0 aliphatic heterocycles. The van der Waals surface area contributed by atoms with Crippen molar-refractivity contribution in [1.29, 1.82) is 0 Å². The molecule has 0 spiro atoms. The van der Waals surface area contributed by atoms with Crippen molar-refractivity contribution in [2.24, 2.45) is 14.1 Å². The third-order valence-electron chi connectivity index (χ3n) is 4.46. The van der Waals surface area contributed by atoms with Gasteiger partial charge in [-0.2, -0.15) is 0 Å². The lowest BCUT2D eigenvalue weighted by atomic mass is 9.99. The number of nitrogens with zero attached hydrogens (tertiary/aromatic N) is 2. The summed E-state index contributed by atoms with van der Waals surface area (Å²) in [5.41, 5.74) is 0.472. The van der Waals surface area contributed by atoms with Crippen LogP contribution in [0.5, 0.6) is 0 Å². The summed E-state index contributed by atoms with van der Waals surface area (Å²) in [6, 6.07) is 13.2. The third-order valence-corrected chi connectivity index (χ3v) is 5.01. The van der Waals surface area contributed by atoms with E-state index in [1.165, 1.54) is 27.6 Å². The zero-order chi connectivity index (χ0) is 19.7. The molecule has 2 aromatic carbocycles. The van der Waals surface area contributed by atoms with Crippen LogP contribution in [0.2, 0.25) is 10.0 Å². The van der Waals surface area contributed by atoms with Gasteiger partial charge < -0.3 is 0 Å². The zero-order valence-electron chi connectivity index (χ0n) is 14.7. The van der Waals surface area contributed by atoms with E-state index in [1.807, 2.05) is 6.07 Å². The molecule has 1 aromatic heterocycles. The number of hydrogen-bond donors (Lipinski definition) is 0. The van der Waals surface area contributed by atoms with Gasteiger partial charge in [-0.15, -0.1) is 0 Å². The van der Waals surface area contributed by atoms with Gasteiger partial charge in [0, 0.05) is 30.2 Å². The molecular formula is C20H16Cl2N2O3. The minimum Gasteiger partial charge on any atom is -0.294 e. The minimum absolute atomic E-state index is 0.0616. The molecule has 3 aromatic rings. The molecule has 0 saturated carbocycles. The fourth-order valence-electron chi connectivity index (χ4n) is 2.88. The first-order chi connectivity index (χ1) is 12.8. The SMILES string of the molecule is Cn1c(CC(=O)c2ccccc2)c(C(=O)c2ccc(Cl)cc2Cl)c(=O)n1C. The number of rotatable bonds is 5. The number of carbonyl (C=O) groups excluding carboxylic acids is 2. The van der Waals surface area contributed by atoms with Crippen LogP contribution in [-0.2, 0) is 20.5 Å². The summed E-state index contributed by atoms with van der Waals surface area (Å²) >= 11 is 12.0. The van der Waals surface area contributed by atoms with Crippen LogP contribution in [0.4, 0.5) is 0 Å². The van der Waals surface area contributed by atoms with E-state index in [4.69, 9.17) is 23.2 Å². The maximum atomic E-state index is 13.0. The summed E-state index contributed by atoms with van der Waals surface area (Å²) in [4.78, 5) is 38.3. The maximum absolute atomic E-state index is 13.0. The van der Waals surface area contributed by atoms with Crippen molar-refractivity contribution in [2.75, 3.05) is 0 Å². The van der Waals surface area contributed by atoms with Crippen molar-refractivity contribution in [3.63, 3.8) is 0 Å². The lowest BCUT2D eigenvalue weighted by molar-refractivity contribution is 0.0990. The standard InChI is InChI=1S/C20H16Cl2N2O3/c1-23-16(11-17(25)12-6-4-3-5-7-12)18(20(27)24(23)2)19(26)14-9-8-13(21)10-15(14)22/h3-10H,11H2,1-2H3. The van der Waals surface area contributed by atoms with Crippen molar-refractivity contribution in [3.8, 4) is 0 Å². The molecule has 0 atom stereocenters. The van der Waals surface area contributed by atoms with E-state index in [2.05, 4.69) is 0 Å². The monoisotopic (exact) mass is 402 g/mol. The maximum Gasteiger partial charge on any atom is 0.277 e. The van der Waals surface area contributed by atoms with E-state index in [1.54, 1.807) is 38.4 Å². The molecule has 0 amide bonds.